The Morgan fingerprint density at radius 3 is 1.60 bits per heavy atom. The van der Waals surface area contributed by atoms with Crippen LogP contribution >= 0.6 is 0 Å². The van der Waals surface area contributed by atoms with Gasteiger partial charge in [-0.2, -0.15) is 56.8 Å². The first-order chi connectivity index (χ1) is 37.5. The van der Waals surface area contributed by atoms with Crippen LogP contribution in [0.15, 0.2) is 61.2 Å². The molecule has 2 unspecified atom stereocenters. The second-order valence-electron chi connectivity index (χ2n) is 19.3. The molecule has 78 heavy (non-hydrogen) atoms. The quantitative estimate of drug-likeness (QED) is 0.0729. The van der Waals surface area contributed by atoms with Crippen molar-refractivity contribution in [2.75, 3.05) is 124 Å². The summed E-state index contributed by atoms with van der Waals surface area (Å²) in [7, 11) is 0. The first kappa shape index (κ1) is 58.7. The summed E-state index contributed by atoms with van der Waals surface area (Å²) in [6.07, 6.45) is -6.18. The van der Waals surface area contributed by atoms with Gasteiger partial charge in [0.15, 0.2) is 0 Å². The number of aromatic nitrogens is 4. The van der Waals surface area contributed by atoms with E-state index in [1.54, 1.807) is 26.8 Å². The number of halogens is 6. The molecule has 2 aromatic carbocycles. The van der Waals surface area contributed by atoms with Crippen LogP contribution in [0, 0.1) is 22.7 Å². The highest BCUT2D eigenvalue weighted by Gasteiger charge is 2.39. The topological polar surface area (TPSA) is 169 Å². The number of benzene rings is 2. The van der Waals surface area contributed by atoms with E-state index in [0.29, 0.717) is 109 Å². The van der Waals surface area contributed by atoms with E-state index in [4.69, 9.17) is 24.7 Å². The van der Waals surface area contributed by atoms with Gasteiger partial charge < -0.3 is 49.1 Å². The predicted molar refractivity (Wildman–Crippen MR) is 285 cm³/mol. The molecule has 420 valence electrons. The van der Waals surface area contributed by atoms with E-state index in [-0.39, 0.29) is 60.9 Å². The normalized spacial score (nSPS) is 17.6. The standard InChI is InChI=1S/C29H36F3N7O2.C26H34F3N7O/c1-4-26(40)39-16-15-38(19-21(39)11-13-33)27-22-12-14-37(25-10-8-7-9-23(25)29(30,31)32)20-24(22)34-28(35-27)41-18-17-36(5-2)6-3;1-3-34(4-2)15-16-37-25-32-22-18-35(23-8-6-5-7-21(23)26(27,28)29)13-10-20(22)24(33-25)36-14-12-31-19(17-36)9-11-30/h4,7-10,21H,1,5-6,11-12,14-20H2,2-3H3;5-8,19,31H,3-4,9-10,12-18H2,1-2H3. The summed E-state index contributed by atoms with van der Waals surface area (Å²) >= 11 is 0. The molecular formula is C55H70F6N14O3. The minimum absolute atomic E-state index is 0.0233. The fraction of sp³-hybridized carbons (Fsp3) is 0.545. The fourth-order valence-corrected chi connectivity index (χ4v) is 10.4. The zero-order valence-electron chi connectivity index (χ0n) is 44.9. The van der Waals surface area contributed by atoms with Gasteiger partial charge in [-0.25, -0.2) is 0 Å². The number of nitriles is 2. The molecule has 0 aliphatic carbocycles. The lowest BCUT2D eigenvalue weighted by Gasteiger charge is -2.42. The van der Waals surface area contributed by atoms with Crippen molar-refractivity contribution >= 4 is 28.9 Å². The van der Waals surface area contributed by atoms with E-state index in [0.717, 1.165) is 61.8 Å². The van der Waals surface area contributed by atoms with Gasteiger partial charge >= 0.3 is 24.4 Å². The van der Waals surface area contributed by atoms with Gasteiger partial charge in [0, 0.05) is 94.0 Å². The highest BCUT2D eigenvalue weighted by molar-refractivity contribution is 5.87. The molecule has 4 aliphatic rings. The van der Waals surface area contributed by atoms with Crippen LogP contribution in [0.5, 0.6) is 12.0 Å². The molecule has 0 bridgehead atoms. The number of alkyl halides is 6. The summed E-state index contributed by atoms with van der Waals surface area (Å²) in [5, 5.41) is 21.9. The lowest BCUT2D eigenvalue weighted by molar-refractivity contribution is -0.138. The number of carbonyl (C=O) groups is 1. The summed E-state index contributed by atoms with van der Waals surface area (Å²) in [5.41, 5.74) is 2.01. The zero-order chi connectivity index (χ0) is 56.0. The molecule has 23 heteroatoms. The maximum Gasteiger partial charge on any atom is 0.418 e. The van der Waals surface area contributed by atoms with Crippen molar-refractivity contribution in [1.82, 2.24) is 40.0 Å². The molecule has 0 saturated carbocycles. The van der Waals surface area contributed by atoms with Crippen molar-refractivity contribution in [2.45, 2.75) is 90.9 Å². The monoisotopic (exact) mass is 1090 g/mol. The molecule has 6 heterocycles. The van der Waals surface area contributed by atoms with Crippen molar-refractivity contribution < 1.29 is 40.6 Å². The third kappa shape index (κ3) is 14.6. The third-order valence-corrected chi connectivity index (χ3v) is 14.7. The fourth-order valence-electron chi connectivity index (χ4n) is 10.4. The Kier molecular flexibility index (Phi) is 20.4. The van der Waals surface area contributed by atoms with E-state index in [9.17, 15) is 36.4 Å². The van der Waals surface area contributed by atoms with Crippen LogP contribution in [0.2, 0.25) is 0 Å². The number of amides is 1. The van der Waals surface area contributed by atoms with E-state index in [1.165, 1.54) is 30.3 Å². The third-order valence-electron chi connectivity index (χ3n) is 14.7. The van der Waals surface area contributed by atoms with Crippen molar-refractivity contribution in [3.8, 4) is 24.2 Å². The van der Waals surface area contributed by atoms with E-state index in [1.807, 2.05) is 4.90 Å². The highest BCUT2D eigenvalue weighted by Crippen LogP contribution is 2.41. The van der Waals surface area contributed by atoms with Gasteiger partial charge in [-0.1, -0.05) is 58.5 Å². The molecule has 2 atom stereocenters. The molecule has 1 N–H and O–H groups in total. The molecule has 2 aromatic heterocycles. The number of nitrogens with zero attached hydrogens (tertiary/aromatic N) is 13. The summed E-state index contributed by atoms with van der Waals surface area (Å²) in [4.78, 5) is 45.0. The average Bonchev–Trinajstić information content (AvgIpc) is 3.57. The number of anilines is 4. The Morgan fingerprint density at radius 2 is 1.15 bits per heavy atom. The first-order valence-corrected chi connectivity index (χ1v) is 26.8. The number of hydrogen-bond donors (Lipinski definition) is 1. The average molecular weight is 1090 g/mol. The predicted octanol–water partition coefficient (Wildman–Crippen LogP) is 7.37. The van der Waals surface area contributed by atoms with Gasteiger partial charge in [0.2, 0.25) is 5.91 Å². The summed E-state index contributed by atoms with van der Waals surface area (Å²) in [5.74, 6) is 1.18. The van der Waals surface area contributed by atoms with E-state index < -0.39 is 23.5 Å². The van der Waals surface area contributed by atoms with Crippen molar-refractivity contribution in [2.24, 2.45) is 0 Å². The maximum atomic E-state index is 13.8. The lowest BCUT2D eigenvalue weighted by Crippen LogP contribution is -2.55. The van der Waals surface area contributed by atoms with Gasteiger partial charge in [0.1, 0.15) is 24.8 Å². The van der Waals surface area contributed by atoms with Crippen molar-refractivity contribution in [3.63, 3.8) is 0 Å². The van der Waals surface area contributed by atoms with Gasteiger partial charge in [-0.15, -0.1) is 0 Å². The minimum atomic E-state index is -4.48. The Morgan fingerprint density at radius 1 is 0.679 bits per heavy atom. The molecule has 1 amide bonds. The van der Waals surface area contributed by atoms with E-state index in [2.05, 4.69) is 76.4 Å². The second-order valence-corrected chi connectivity index (χ2v) is 19.3. The summed E-state index contributed by atoms with van der Waals surface area (Å²) in [6, 6.07) is 15.7. The lowest BCUT2D eigenvalue weighted by atomic mass is 10.0. The summed E-state index contributed by atoms with van der Waals surface area (Å²) in [6.45, 7) is 22.1. The number of likely N-dealkylation sites (N-methyl/N-ethyl adjacent to an activating group) is 2. The van der Waals surface area contributed by atoms with E-state index >= 15 is 0 Å². The molecule has 0 radical (unpaired) electrons. The molecule has 2 fully saturated rings. The Bertz CT molecular complexity index is 2740. The zero-order valence-corrected chi connectivity index (χ0v) is 44.9. The number of rotatable bonds is 19. The molecule has 17 nitrogen and oxygen atoms in total. The van der Waals surface area contributed by atoms with Gasteiger partial charge in [-0.05, 0) is 69.4 Å². The molecule has 0 spiro atoms. The van der Waals surface area contributed by atoms with Gasteiger partial charge in [0.25, 0.3) is 0 Å². The maximum absolute atomic E-state index is 13.8. The number of nitrogens with one attached hydrogen (secondary N) is 1. The van der Waals surface area contributed by atoms with Crippen LogP contribution in [0.25, 0.3) is 0 Å². The number of ether oxygens (including phenoxy) is 2. The van der Waals surface area contributed by atoms with Crippen LogP contribution in [0.1, 0.15) is 74.2 Å². The smallest absolute Gasteiger partial charge is 0.418 e. The van der Waals surface area contributed by atoms with Crippen LogP contribution in [0.4, 0.5) is 49.4 Å². The number of para-hydroxylation sites is 2. The Hall–Kier alpha value is -6.95. The Balaban J connectivity index is 0.000000227. The van der Waals surface area contributed by atoms with Crippen molar-refractivity contribution in [3.05, 3.63) is 94.8 Å². The van der Waals surface area contributed by atoms with Crippen LogP contribution < -0.4 is 34.4 Å². The molecule has 2 saturated heterocycles. The summed E-state index contributed by atoms with van der Waals surface area (Å²) < 4.78 is 94.5. The van der Waals surface area contributed by atoms with Gasteiger partial charge in [0.05, 0.1) is 66.6 Å². The molecular weight excluding hydrogens is 1020 g/mol. The minimum Gasteiger partial charge on any atom is -0.462 e. The van der Waals surface area contributed by atoms with Crippen LogP contribution in [-0.4, -0.2) is 157 Å². The number of piperazine rings is 2. The first-order valence-electron chi connectivity index (χ1n) is 26.8. The number of carbonyl (C=O) groups excluding carboxylic acids is 1. The number of hydrogen-bond acceptors (Lipinski definition) is 16. The largest absolute Gasteiger partial charge is 0.462 e. The van der Waals surface area contributed by atoms with Gasteiger partial charge in [-0.3, -0.25) is 4.79 Å². The molecule has 4 aliphatic heterocycles. The van der Waals surface area contributed by atoms with Crippen LogP contribution in [0.3, 0.4) is 0 Å². The molecule has 4 aromatic rings. The Labute approximate surface area is 453 Å². The van der Waals surface area contributed by atoms with Crippen molar-refractivity contribution in [1.29, 1.82) is 10.5 Å². The highest BCUT2D eigenvalue weighted by atomic mass is 19.4. The number of fused-ring (bicyclic) bond motifs is 2. The van der Waals surface area contributed by atoms with Crippen LogP contribution in [-0.2, 0) is 43.1 Å². The molecule has 8 rings (SSSR count). The second kappa shape index (κ2) is 27.1. The SMILES string of the molecule is C=CC(=O)N1CCN(c2nc(OCCN(CC)CC)nc3c2CCN(c2ccccc2C(F)(F)F)C3)CC1CC#N.CCN(CC)CCOc1nc2c(c(N3CCNC(CC#N)C3)n1)CCN(c1ccccc1C(F)(F)F)C2.